The third kappa shape index (κ3) is 3.60. The third-order valence-electron chi connectivity index (χ3n) is 4.13. The monoisotopic (exact) mass is 304 g/mol. The van der Waals surface area contributed by atoms with E-state index in [1.165, 1.54) is 29.1 Å². The number of hydrogen-bond acceptors (Lipinski definition) is 3. The zero-order valence-corrected chi connectivity index (χ0v) is 13.2. The summed E-state index contributed by atoms with van der Waals surface area (Å²) in [5.41, 5.74) is 1.13. The first-order chi connectivity index (χ1) is 10.2. The predicted molar refractivity (Wildman–Crippen MR) is 85.8 cm³/mol. The number of rotatable bonds is 4. The van der Waals surface area contributed by atoms with Gasteiger partial charge < -0.3 is 10.2 Å². The Labute approximate surface area is 129 Å². The second-order valence-electron chi connectivity index (χ2n) is 5.80. The fourth-order valence-corrected chi connectivity index (χ4v) is 4.17. The summed E-state index contributed by atoms with van der Waals surface area (Å²) in [4.78, 5) is 17.3. The quantitative estimate of drug-likeness (QED) is 0.891. The van der Waals surface area contributed by atoms with Crippen molar-refractivity contribution in [1.82, 2.24) is 10.3 Å². The number of piperidine rings is 1. The van der Waals surface area contributed by atoms with Gasteiger partial charge in [0.15, 0.2) is 0 Å². The number of para-hydroxylation sites is 1. The Morgan fingerprint density at radius 1 is 1.48 bits per heavy atom. The Morgan fingerprint density at radius 2 is 2.33 bits per heavy atom. The maximum absolute atomic E-state index is 10.9. The fraction of sp³-hybridized carbons (Fsp3) is 0.500. The molecule has 2 N–H and O–H groups in total. The summed E-state index contributed by atoms with van der Waals surface area (Å²) in [6.07, 6.45) is 2.49. The number of aromatic nitrogens is 1. The molecular formula is C16H22N3OS+. The van der Waals surface area contributed by atoms with E-state index in [1.807, 2.05) is 11.3 Å². The van der Waals surface area contributed by atoms with E-state index in [0.717, 1.165) is 25.2 Å². The van der Waals surface area contributed by atoms with Crippen molar-refractivity contribution in [3.05, 3.63) is 29.3 Å². The summed E-state index contributed by atoms with van der Waals surface area (Å²) in [5.74, 6) is 0.637. The number of nitrogens with one attached hydrogen (secondary N) is 2. The Balaban J connectivity index is 1.63. The van der Waals surface area contributed by atoms with Crippen molar-refractivity contribution in [3.63, 3.8) is 0 Å². The van der Waals surface area contributed by atoms with E-state index >= 15 is 0 Å². The van der Waals surface area contributed by atoms with Crippen LogP contribution in [-0.2, 0) is 4.79 Å². The summed E-state index contributed by atoms with van der Waals surface area (Å²) in [7, 11) is 0. The lowest BCUT2D eigenvalue weighted by Gasteiger charge is -2.28. The van der Waals surface area contributed by atoms with Crippen LogP contribution < -0.4 is 10.2 Å². The van der Waals surface area contributed by atoms with Gasteiger partial charge in [-0.25, -0.2) is 4.98 Å². The van der Waals surface area contributed by atoms with Crippen LogP contribution in [0.5, 0.6) is 0 Å². The highest BCUT2D eigenvalue weighted by Crippen LogP contribution is 2.30. The van der Waals surface area contributed by atoms with Gasteiger partial charge in [-0.1, -0.05) is 12.1 Å². The number of likely N-dealkylation sites (tertiary alicyclic amines) is 1. The molecule has 1 fully saturated rings. The molecule has 0 radical (unpaired) electrons. The molecule has 4 nitrogen and oxygen atoms in total. The summed E-state index contributed by atoms with van der Waals surface area (Å²) in [6, 6.07) is 8.38. The van der Waals surface area contributed by atoms with Crippen molar-refractivity contribution in [3.8, 4) is 0 Å². The molecule has 1 amide bonds. The summed E-state index contributed by atoms with van der Waals surface area (Å²) < 4.78 is 1.29. The molecule has 2 heterocycles. The Kier molecular flexibility index (Phi) is 4.51. The zero-order valence-electron chi connectivity index (χ0n) is 12.4. The first-order valence-electron chi connectivity index (χ1n) is 7.66. The van der Waals surface area contributed by atoms with Crippen LogP contribution in [0.4, 0.5) is 0 Å². The second kappa shape index (κ2) is 6.54. The van der Waals surface area contributed by atoms with Crippen LogP contribution in [0.3, 0.4) is 0 Å². The highest BCUT2D eigenvalue weighted by Gasteiger charge is 2.26. The zero-order chi connectivity index (χ0) is 14.7. The summed E-state index contributed by atoms with van der Waals surface area (Å²) in [5, 5.41) is 4.18. The molecule has 21 heavy (non-hydrogen) atoms. The highest BCUT2D eigenvalue weighted by atomic mass is 32.1. The average Bonchev–Trinajstić information content (AvgIpc) is 2.91. The number of fused-ring (bicyclic) bond motifs is 1. The molecular weight excluding hydrogens is 282 g/mol. The average molecular weight is 304 g/mol. The molecule has 1 unspecified atom stereocenters. The number of benzene rings is 1. The molecule has 1 aliphatic heterocycles. The Bertz CT molecular complexity index is 592. The normalized spacial score (nSPS) is 22.3. The maximum Gasteiger partial charge on any atom is 0.217 e. The van der Waals surface area contributed by atoms with Gasteiger partial charge in [0.05, 0.1) is 42.3 Å². The Morgan fingerprint density at radius 3 is 3.14 bits per heavy atom. The molecule has 5 heteroatoms. The van der Waals surface area contributed by atoms with Crippen molar-refractivity contribution in [2.75, 3.05) is 26.2 Å². The van der Waals surface area contributed by atoms with Crippen molar-refractivity contribution in [2.45, 2.75) is 25.7 Å². The van der Waals surface area contributed by atoms with Crippen LogP contribution >= 0.6 is 11.3 Å². The van der Waals surface area contributed by atoms with Crippen LogP contribution in [0.15, 0.2) is 24.3 Å². The standard InChI is InChI=1S/C16H21N3OS/c1-12(20)17-8-10-19-9-4-5-13(11-19)16-18-14-6-2-3-7-15(14)21-16/h2-3,6-7,13H,4-5,8-11H2,1H3,(H,17,20)/p+1/t13-/m1/s1. The van der Waals surface area contributed by atoms with E-state index in [9.17, 15) is 4.79 Å². The smallest absolute Gasteiger partial charge is 0.217 e. The largest absolute Gasteiger partial charge is 0.351 e. The molecule has 2 aromatic rings. The van der Waals surface area contributed by atoms with Crippen molar-refractivity contribution < 1.29 is 9.69 Å². The topological polar surface area (TPSA) is 46.4 Å². The molecule has 1 saturated heterocycles. The van der Waals surface area contributed by atoms with E-state index in [-0.39, 0.29) is 5.91 Å². The number of thiazole rings is 1. The number of amides is 1. The van der Waals surface area contributed by atoms with Crippen molar-refractivity contribution >= 4 is 27.5 Å². The SMILES string of the molecule is CC(=O)NCC[NH+]1CCC[C@@H](c2nc3ccccc3s2)C1. The number of hydrogen-bond donors (Lipinski definition) is 2. The molecule has 1 aliphatic rings. The van der Waals surface area contributed by atoms with Gasteiger partial charge in [-0.2, -0.15) is 0 Å². The van der Waals surface area contributed by atoms with Gasteiger partial charge in [0.25, 0.3) is 0 Å². The predicted octanol–water partition coefficient (Wildman–Crippen LogP) is 1.19. The maximum atomic E-state index is 10.9. The Hall–Kier alpha value is -1.46. The molecule has 1 aromatic carbocycles. The van der Waals surface area contributed by atoms with Crippen LogP contribution in [0, 0.1) is 0 Å². The lowest BCUT2D eigenvalue weighted by Crippen LogP contribution is -3.14. The van der Waals surface area contributed by atoms with Crippen LogP contribution in [-0.4, -0.2) is 37.1 Å². The van der Waals surface area contributed by atoms with Crippen molar-refractivity contribution in [2.24, 2.45) is 0 Å². The lowest BCUT2D eigenvalue weighted by atomic mass is 9.99. The molecule has 112 valence electrons. The van der Waals surface area contributed by atoms with Gasteiger partial charge in [0.1, 0.15) is 5.01 Å². The molecule has 2 atom stereocenters. The van der Waals surface area contributed by atoms with Gasteiger partial charge in [-0.15, -0.1) is 11.3 Å². The highest BCUT2D eigenvalue weighted by molar-refractivity contribution is 7.18. The van der Waals surface area contributed by atoms with Gasteiger partial charge in [0.2, 0.25) is 5.91 Å². The van der Waals surface area contributed by atoms with Gasteiger partial charge >= 0.3 is 0 Å². The fourth-order valence-electron chi connectivity index (χ4n) is 3.07. The van der Waals surface area contributed by atoms with E-state index in [2.05, 4.69) is 29.6 Å². The van der Waals surface area contributed by atoms with Gasteiger partial charge in [-0.05, 0) is 25.0 Å². The number of carbonyl (C=O) groups excluding carboxylic acids is 1. The summed E-state index contributed by atoms with van der Waals surface area (Å²) >= 11 is 1.84. The molecule has 0 saturated carbocycles. The van der Waals surface area contributed by atoms with Crippen molar-refractivity contribution in [1.29, 1.82) is 0 Å². The number of carbonyl (C=O) groups is 1. The minimum Gasteiger partial charge on any atom is -0.351 e. The molecule has 0 bridgehead atoms. The van der Waals surface area contributed by atoms with E-state index in [0.29, 0.717) is 5.92 Å². The van der Waals surface area contributed by atoms with Crippen LogP contribution in [0.25, 0.3) is 10.2 Å². The van der Waals surface area contributed by atoms with E-state index in [4.69, 9.17) is 4.98 Å². The van der Waals surface area contributed by atoms with Crippen LogP contribution in [0.2, 0.25) is 0 Å². The first kappa shape index (κ1) is 14.5. The van der Waals surface area contributed by atoms with Gasteiger partial charge in [0, 0.05) is 6.92 Å². The molecule has 3 rings (SSSR count). The van der Waals surface area contributed by atoms with E-state index < -0.39 is 0 Å². The number of nitrogens with zero attached hydrogens (tertiary/aromatic N) is 1. The lowest BCUT2D eigenvalue weighted by molar-refractivity contribution is -0.905. The summed E-state index contributed by atoms with van der Waals surface area (Å²) in [6.45, 7) is 5.72. The first-order valence-corrected chi connectivity index (χ1v) is 8.47. The van der Waals surface area contributed by atoms with Gasteiger partial charge in [-0.3, -0.25) is 4.79 Å². The molecule has 0 spiro atoms. The van der Waals surface area contributed by atoms with E-state index in [1.54, 1.807) is 11.8 Å². The second-order valence-corrected chi connectivity index (χ2v) is 6.86. The minimum atomic E-state index is 0.0640. The molecule has 0 aliphatic carbocycles. The van der Waals surface area contributed by atoms with Crippen LogP contribution in [0.1, 0.15) is 30.7 Å². The minimum absolute atomic E-state index is 0.0640. The molecule has 1 aromatic heterocycles. The third-order valence-corrected chi connectivity index (χ3v) is 5.33. The number of quaternary nitrogens is 1.